The van der Waals surface area contributed by atoms with Gasteiger partial charge in [0.25, 0.3) is 0 Å². The van der Waals surface area contributed by atoms with E-state index in [0.29, 0.717) is 5.75 Å². The van der Waals surface area contributed by atoms with Gasteiger partial charge in [0.05, 0.1) is 6.26 Å². The second kappa shape index (κ2) is 9.10. The molecule has 0 spiro atoms. The van der Waals surface area contributed by atoms with Crippen LogP contribution in [0.1, 0.15) is 24.8 Å². The van der Waals surface area contributed by atoms with Crippen LogP contribution in [0.15, 0.2) is 24.3 Å². The SMILES string of the molecule is C[SH+]CCCCCc1ccc(O)cc1.[Br-]. The Morgan fingerprint density at radius 2 is 1.73 bits per heavy atom. The van der Waals surface area contributed by atoms with E-state index in [1.807, 2.05) is 12.1 Å². The van der Waals surface area contributed by atoms with E-state index >= 15 is 0 Å². The Labute approximate surface area is 107 Å². The fraction of sp³-hybridized carbons (Fsp3) is 0.500. The minimum absolute atomic E-state index is 0. The van der Waals surface area contributed by atoms with Gasteiger partial charge < -0.3 is 22.1 Å². The topological polar surface area (TPSA) is 20.2 Å². The number of aryl methyl sites for hydroxylation is 1. The maximum Gasteiger partial charge on any atom is 0.115 e. The Bertz CT molecular complexity index is 248. The summed E-state index contributed by atoms with van der Waals surface area (Å²) in [6.07, 6.45) is 7.28. The molecule has 0 radical (unpaired) electrons. The minimum atomic E-state index is 0. The van der Waals surface area contributed by atoms with Crippen LogP contribution >= 0.6 is 0 Å². The third-order valence-electron chi connectivity index (χ3n) is 2.28. The summed E-state index contributed by atoms with van der Waals surface area (Å²) in [4.78, 5) is 0. The first-order chi connectivity index (χ1) is 6.83. The van der Waals surface area contributed by atoms with Crippen molar-refractivity contribution in [2.75, 3.05) is 12.0 Å². The molecule has 15 heavy (non-hydrogen) atoms. The highest BCUT2D eigenvalue weighted by molar-refractivity contribution is 7.77. The predicted octanol–water partition coefficient (Wildman–Crippen LogP) is -0.446. The van der Waals surface area contributed by atoms with E-state index in [1.165, 1.54) is 42.3 Å². The van der Waals surface area contributed by atoms with Crippen LogP contribution < -0.4 is 17.0 Å². The van der Waals surface area contributed by atoms with Crippen molar-refractivity contribution in [3.8, 4) is 5.75 Å². The molecule has 0 amide bonds. The van der Waals surface area contributed by atoms with Gasteiger partial charge in [-0.1, -0.05) is 12.1 Å². The largest absolute Gasteiger partial charge is 1.00 e. The molecule has 0 fully saturated rings. The summed E-state index contributed by atoms with van der Waals surface area (Å²) in [7, 11) is 0. The van der Waals surface area contributed by atoms with Gasteiger partial charge in [-0.15, -0.1) is 0 Å². The van der Waals surface area contributed by atoms with Crippen molar-refractivity contribution >= 4 is 11.8 Å². The van der Waals surface area contributed by atoms with Gasteiger partial charge in [0.1, 0.15) is 11.5 Å². The van der Waals surface area contributed by atoms with Crippen molar-refractivity contribution in [1.82, 2.24) is 0 Å². The van der Waals surface area contributed by atoms with Crippen LogP contribution in [0.3, 0.4) is 0 Å². The number of thiol groups is 1. The molecule has 1 nitrogen and oxygen atoms in total. The van der Waals surface area contributed by atoms with Gasteiger partial charge in [0.15, 0.2) is 0 Å². The lowest BCUT2D eigenvalue weighted by atomic mass is 10.1. The minimum Gasteiger partial charge on any atom is -1.00 e. The molecular formula is C12H19BrOS. The molecule has 0 aromatic heterocycles. The molecule has 0 saturated carbocycles. The Kier molecular flexibility index (Phi) is 9.01. The highest BCUT2D eigenvalue weighted by Gasteiger charge is 1.95. The van der Waals surface area contributed by atoms with Crippen molar-refractivity contribution in [1.29, 1.82) is 0 Å². The van der Waals surface area contributed by atoms with Gasteiger partial charge >= 0.3 is 0 Å². The Morgan fingerprint density at radius 1 is 1.07 bits per heavy atom. The van der Waals surface area contributed by atoms with Crippen molar-refractivity contribution in [3.63, 3.8) is 0 Å². The lowest BCUT2D eigenvalue weighted by Crippen LogP contribution is -3.00. The van der Waals surface area contributed by atoms with Crippen LogP contribution in [-0.4, -0.2) is 17.1 Å². The highest BCUT2D eigenvalue weighted by atomic mass is 79.9. The number of phenolic OH excluding ortho intramolecular Hbond substituents is 1. The molecule has 1 aromatic rings. The molecule has 1 aromatic carbocycles. The summed E-state index contributed by atoms with van der Waals surface area (Å²) in [6.45, 7) is 0. The molecule has 3 heteroatoms. The smallest absolute Gasteiger partial charge is 0.115 e. The average Bonchev–Trinajstić information content (AvgIpc) is 2.21. The molecule has 0 aliphatic rings. The number of unbranched alkanes of at least 4 members (excludes halogenated alkanes) is 2. The van der Waals surface area contributed by atoms with Crippen LogP contribution in [0.25, 0.3) is 0 Å². The van der Waals surface area contributed by atoms with Gasteiger partial charge in [0, 0.05) is 0 Å². The number of benzene rings is 1. The lowest BCUT2D eigenvalue weighted by molar-refractivity contribution is -0.00000398. The van der Waals surface area contributed by atoms with E-state index in [-0.39, 0.29) is 17.0 Å². The average molecular weight is 291 g/mol. The van der Waals surface area contributed by atoms with Crippen LogP contribution in [0.5, 0.6) is 5.75 Å². The number of rotatable bonds is 6. The number of aromatic hydroxyl groups is 1. The standard InChI is InChI=1S/C12H18OS.BrH/c1-14-10-4-2-3-5-11-6-8-12(13)9-7-11;/h6-9,13H,2-5,10H2,1H3;1H. The molecule has 0 aliphatic carbocycles. The Hall–Kier alpha value is -0.150. The second-order valence-corrected chi connectivity index (χ2v) is 4.60. The fourth-order valence-electron chi connectivity index (χ4n) is 1.44. The summed E-state index contributed by atoms with van der Waals surface area (Å²) < 4.78 is 0. The number of hydrogen-bond acceptors (Lipinski definition) is 1. The summed E-state index contributed by atoms with van der Waals surface area (Å²) in [5.74, 6) is 1.69. The van der Waals surface area contributed by atoms with Crippen molar-refractivity contribution in [2.45, 2.75) is 25.7 Å². The number of phenols is 1. The fourth-order valence-corrected chi connectivity index (χ4v) is 1.98. The molecule has 0 heterocycles. The molecule has 1 rings (SSSR count). The molecule has 86 valence electrons. The van der Waals surface area contributed by atoms with Gasteiger partial charge in [-0.05, 0) is 55.1 Å². The molecule has 0 unspecified atom stereocenters. The molecule has 0 bridgehead atoms. The first-order valence-corrected chi connectivity index (χ1v) is 6.69. The summed E-state index contributed by atoms with van der Waals surface area (Å²) in [5.41, 5.74) is 1.33. The second-order valence-electron chi connectivity index (χ2n) is 3.52. The van der Waals surface area contributed by atoms with E-state index in [4.69, 9.17) is 5.11 Å². The first kappa shape index (κ1) is 14.8. The zero-order valence-electron chi connectivity index (χ0n) is 9.12. The summed E-state index contributed by atoms with van der Waals surface area (Å²) in [6, 6.07) is 7.54. The van der Waals surface area contributed by atoms with Crippen LogP contribution in [0.4, 0.5) is 0 Å². The maximum absolute atomic E-state index is 9.10. The van der Waals surface area contributed by atoms with Crippen molar-refractivity contribution in [3.05, 3.63) is 29.8 Å². The van der Waals surface area contributed by atoms with E-state index in [9.17, 15) is 0 Å². The third-order valence-corrected chi connectivity index (χ3v) is 3.05. The van der Waals surface area contributed by atoms with Gasteiger partial charge in [-0.25, -0.2) is 0 Å². The maximum atomic E-state index is 9.10. The molecule has 0 atom stereocenters. The Morgan fingerprint density at radius 3 is 2.33 bits per heavy atom. The van der Waals surface area contributed by atoms with E-state index in [0.717, 1.165) is 6.42 Å². The zero-order chi connectivity index (χ0) is 10.2. The quantitative estimate of drug-likeness (QED) is 0.428. The molecule has 0 aliphatic heterocycles. The lowest BCUT2D eigenvalue weighted by Gasteiger charge is -2.00. The number of hydrogen-bond donors (Lipinski definition) is 1. The summed E-state index contributed by atoms with van der Waals surface area (Å²) in [5, 5.41) is 9.10. The van der Waals surface area contributed by atoms with Crippen molar-refractivity contribution in [2.24, 2.45) is 0 Å². The van der Waals surface area contributed by atoms with Crippen LogP contribution in [0, 0.1) is 0 Å². The van der Waals surface area contributed by atoms with E-state index in [1.54, 1.807) is 12.1 Å². The van der Waals surface area contributed by atoms with E-state index in [2.05, 4.69) is 6.26 Å². The summed E-state index contributed by atoms with van der Waals surface area (Å²) >= 11 is 1.51. The highest BCUT2D eigenvalue weighted by Crippen LogP contribution is 2.12. The molecule has 1 N–H and O–H groups in total. The molecule has 0 saturated heterocycles. The predicted molar refractivity (Wildman–Crippen MR) is 65.2 cm³/mol. The number of halogens is 1. The van der Waals surface area contributed by atoms with Crippen molar-refractivity contribution < 1.29 is 22.1 Å². The van der Waals surface area contributed by atoms with Gasteiger partial charge in [-0.2, -0.15) is 0 Å². The zero-order valence-corrected chi connectivity index (χ0v) is 11.6. The van der Waals surface area contributed by atoms with Gasteiger partial charge in [-0.3, -0.25) is 0 Å². The third kappa shape index (κ3) is 6.85. The van der Waals surface area contributed by atoms with Crippen LogP contribution in [-0.2, 0) is 18.2 Å². The normalized spacial score (nSPS) is 9.67. The molecular weight excluding hydrogens is 272 g/mol. The Balaban J connectivity index is 0.00000196. The van der Waals surface area contributed by atoms with Crippen LogP contribution in [0.2, 0.25) is 0 Å². The first-order valence-electron chi connectivity index (χ1n) is 5.16. The van der Waals surface area contributed by atoms with Gasteiger partial charge in [0.2, 0.25) is 0 Å². The van der Waals surface area contributed by atoms with E-state index < -0.39 is 0 Å². The monoisotopic (exact) mass is 290 g/mol.